The maximum Gasteiger partial charge on any atom is 0.277 e. The van der Waals surface area contributed by atoms with Crippen molar-refractivity contribution in [2.75, 3.05) is 18.4 Å². The van der Waals surface area contributed by atoms with Gasteiger partial charge in [0.05, 0.1) is 0 Å². The number of aromatic nitrogens is 1. The Labute approximate surface area is 168 Å². The van der Waals surface area contributed by atoms with Crippen molar-refractivity contribution in [2.45, 2.75) is 13.8 Å². The lowest BCUT2D eigenvalue weighted by Gasteiger charge is -2.18. The van der Waals surface area contributed by atoms with E-state index in [2.05, 4.69) is 10.5 Å². The minimum Gasteiger partial charge on any atom is -0.355 e. The third-order valence-corrected chi connectivity index (χ3v) is 4.53. The Morgan fingerprint density at radius 1 is 1.07 bits per heavy atom. The molecule has 0 saturated heterocycles. The molecule has 1 N–H and O–H groups in total. The molecule has 0 aliphatic rings. The highest BCUT2D eigenvalue weighted by atomic mass is 35.5. The number of carbonyl (C=O) groups excluding carboxylic acids is 2. The summed E-state index contributed by atoms with van der Waals surface area (Å²) < 4.78 is 5.25. The number of amides is 2. The first-order chi connectivity index (χ1) is 13.5. The van der Waals surface area contributed by atoms with Crippen LogP contribution in [0.2, 0.25) is 5.02 Å². The minimum atomic E-state index is -0.403. The third kappa shape index (κ3) is 4.40. The number of rotatable bonds is 6. The summed E-state index contributed by atoms with van der Waals surface area (Å²) in [7, 11) is 0. The van der Waals surface area contributed by atoms with Crippen molar-refractivity contribution in [1.82, 2.24) is 10.1 Å². The zero-order chi connectivity index (χ0) is 20.1. The summed E-state index contributed by atoms with van der Waals surface area (Å²) in [4.78, 5) is 26.5. The van der Waals surface area contributed by atoms with E-state index in [0.29, 0.717) is 35.1 Å². The molecule has 3 aromatic rings. The van der Waals surface area contributed by atoms with Gasteiger partial charge >= 0.3 is 0 Å². The summed E-state index contributed by atoms with van der Waals surface area (Å²) in [6, 6.07) is 15.4. The lowest BCUT2D eigenvalue weighted by molar-refractivity contribution is 0.0773. The van der Waals surface area contributed by atoms with Gasteiger partial charge in [0.25, 0.3) is 11.8 Å². The van der Waals surface area contributed by atoms with E-state index in [1.54, 1.807) is 53.4 Å². The Kier molecular flexibility index (Phi) is 6.11. The first kappa shape index (κ1) is 19.6. The fourth-order valence-corrected chi connectivity index (χ4v) is 2.93. The maximum atomic E-state index is 12.4. The molecule has 3 rings (SSSR count). The van der Waals surface area contributed by atoms with Crippen LogP contribution in [0.1, 0.15) is 34.7 Å². The Morgan fingerprint density at radius 2 is 1.79 bits per heavy atom. The van der Waals surface area contributed by atoms with Crippen molar-refractivity contribution in [3.63, 3.8) is 0 Å². The second-order valence-corrected chi connectivity index (χ2v) is 6.53. The van der Waals surface area contributed by atoms with E-state index in [1.165, 1.54) is 0 Å². The Balaban J connectivity index is 1.69. The third-order valence-electron chi connectivity index (χ3n) is 4.29. The topological polar surface area (TPSA) is 75.4 Å². The number of nitrogens with zero attached hydrogens (tertiary/aromatic N) is 2. The molecule has 2 amide bonds. The Morgan fingerprint density at radius 3 is 2.43 bits per heavy atom. The molecule has 144 valence electrons. The van der Waals surface area contributed by atoms with E-state index in [0.717, 1.165) is 5.56 Å². The van der Waals surface area contributed by atoms with E-state index >= 15 is 0 Å². The van der Waals surface area contributed by atoms with Crippen LogP contribution < -0.4 is 5.32 Å². The molecule has 0 aliphatic heterocycles. The quantitative estimate of drug-likeness (QED) is 0.652. The molecule has 0 spiro atoms. The Hall–Kier alpha value is -3.12. The molecule has 28 heavy (non-hydrogen) atoms. The molecular weight excluding hydrogens is 378 g/mol. The van der Waals surface area contributed by atoms with E-state index in [4.69, 9.17) is 16.1 Å². The largest absolute Gasteiger partial charge is 0.355 e. The van der Waals surface area contributed by atoms with Crippen LogP contribution in [0.3, 0.4) is 0 Å². The van der Waals surface area contributed by atoms with Gasteiger partial charge in [-0.3, -0.25) is 9.59 Å². The normalized spacial score (nSPS) is 10.5. The number of hydrogen-bond donors (Lipinski definition) is 1. The standard InChI is InChI=1S/C21H20ClN3O3/c1-3-25(4-2)21(27)14-8-10-17(11-9-14)23-20(26)18-13-19(28-24-18)15-6-5-7-16(22)12-15/h5-13H,3-4H2,1-2H3,(H,23,26). The molecule has 1 aromatic heterocycles. The number of anilines is 1. The van der Waals surface area contributed by atoms with Crippen LogP contribution in [0.4, 0.5) is 5.69 Å². The van der Waals surface area contributed by atoms with Crippen LogP contribution in [0, 0.1) is 0 Å². The van der Waals surface area contributed by atoms with Crippen molar-refractivity contribution < 1.29 is 14.1 Å². The van der Waals surface area contributed by atoms with Gasteiger partial charge in [0, 0.05) is 41.0 Å². The first-order valence-electron chi connectivity index (χ1n) is 8.95. The molecule has 0 saturated carbocycles. The highest BCUT2D eigenvalue weighted by Crippen LogP contribution is 2.23. The van der Waals surface area contributed by atoms with Gasteiger partial charge in [-0.25, -0.2) is 0 Å². The van der Waals surface area contributed by atoms with E-state index in [-0.39, 0.29) is 11.6 Å². The lowest BCUT2D eigenvalue weighted by atomic mass is 10.1. The van der Waals surface area contributed by atoms with Crippen LogP contribution in [0.5, 0.6) is 0 Å². The van der Waals surface area contributed by atoms with Crippen molar-refractivity contribution in [2.24, 2.45) is 0 Å². The molecule has 7 heteroatoms. The van der Waals surface area contributed by atoms with Crippen LogP contribution >= 0.6 is 11.6 Å². The van der Waals surface area contributed by atoms with E-state index < -0.39 is 5.91 Å². The second-order valence-electron chi connectivity index (χ2n) is 6.10. The highest BCUT2D eigenvalue weighted by Gasteiger charge is 2.15. The van der Waals surface area contributed by atoms with Gasteiger partial charge in [0.2, 0.25) is 0 Å². The number of nitrogens with one attached hydrogen (secondary N) is 1. The predicted molar refractivity (Wildman–Crippen MR) is 109 cm³/mol. The summed E-state index contributed by atoms with van der Waals surface area (Å²) in [5.74, 6) is 0.0122. The van der Waals surface area contributed by atoms with Crippen LogP contribution in [-0.2, 0) is 0 Å². The lowest BCUT2D eigenvalue weighted by Crippen LogP contribution is -2.30. The number of hydrogen-bond acceptors (Lipinski definition) is 4. The summed E-state index contributed by atoms with van der Waals surface area (Å²) in [5.41, 5.74) is 2.02. The van der Waals surface area contributed by atoms with Gasteiger partial charge in [-0.05, 0) is 50.2 Å². The SMILES string of the molecule is CCN(CC)C(=O)c1ccc(NC(=O)c2cc(-c3cccc(Cl)c3)on2)cc1. The number of benzene rings is 2. The zero-order valence-electron chi connectivity index (χ0n) is 15.6. The van der Waals surface area contributed by atoms with Crippen LogP contribution in [0.15, 0.2) is 59.1 Å². The predicted octanol–water partition coefficient (Wildman–Crippen LogP) is 4.73. The maximum absolute atomic E-state index is 12.4. The number of carbonyl (C=O) groups is 2. The van der Waals surface area contributed by atoms with Crippen molar-refractivity contribution in [3.8, 4) is 11.3 Å². The zero-order valence-corrected chi connectivity index (χ0v) is 16.4. The molecule has 1 heterocycles. The van der Waals surface area contributed by atoms with Crippen LogP contribution in [-0.4, -0.2) is 35.0 Å². The molecule has 0 unspecified atom stereocenters. The highest BCUT2D eigenvalue weighted by molar-refractivity contribution is 6.30. The molecule has 0 aliphatic carbocycles. The van der Waals surface area contributed by atoms with Gasteiger partial charge < -0.3 is 14.7 Å². The first-order valence-corrected chi connectivity index (χ1v) is 9.33. The number of halogens is 1. The average molecular weight is 398 g/mol. The molecule has 0 fully saturated rings. The molecule has 0 bridgehead atoms. The van der Waals surface area contributed by atoms with Crippen molar-refractivity contribution >= 4 is 29.1 Å². The van der Waals surface area contributed by atoms with Crippen molar-refractivity contribution in [3.05, 3.63) is 70.9 Å². The fourth-order valence-electron chi connectivity index (χ4n) is 2.74. The Bertz CT molecular complexity index is 979. The molecule has 2 aromatic carbocycles. The molecule has 0 atom stereocenters. The van der Waals surface area contributed by atoms with Gasteiger partial charge in [0.1, 0.15) is 0 Å². The van der Waals surface area contributed by atoms with Crippen molar-refractivity contribution in [1.29, 1.82) is 0 Å². The summed E-state index contributed by atoms with van der Waals surface area (Å²) in [5, 5.41) is 7.13. The monoisotopic (exact) mass is 397 g/mol. The van der Waals surface area contributed by atoms with Gasteiger partial charge in [-0.1, -0.05) is 28.9 Å². The molecule has 0 radical (unpaired) electrons. The summed E-state index contributed by atoms with van der Waals surface area (Å²) in [6.07, 6.45) is 0. The summed E-state index contributed by atoms with van der Waals surface area (Å²) in [6.45, 7) is 5.17. The van der Waals surface area contributed by atoms with Gasteiger partial charge in [-0.2, -0.15) is 0 Å². The molecular formula is C21H20ClN3O3. The minimum absolute atomic E-state index is 0.0365. The van der Waals surface area contributed by atoms with Gasteiger partial charge in [-0.15, -0.1) is 0 Å². The van der Waals surface area contributed by atoms with Crippen LogP contribution in [0.25, 0.3) is 11.3 Å². The second kappa shape index (κ2) is 8.71. The molecule has 6 nitrogen and oxygen atoms in total. The average Bonchev–Trinajstić information content (AvgIpc) is 3.20. The summed E-state index contributed by atoms with van der Waals surface area (Å²) >= 11 is 5.98. The fraction of sp³-hybridized carbons (Fsp3) is 0.190. The van der Waals surface area contributed by atoms with E-state index in [9.17, 15) is 9.59 Å². The smallest absolute Gasteiger partial charge is 0.277 e. The van der Waals surface area contributed by atoms with Gasteiger partial charge in [0.15, 0.2) is 11.5 Å². The van der Waals surface area contributed by atoms with E-state index in [1.807, 2.05) is 19.9 Å².